The first kappa shape index (κ1) is 21.2. The zero-order valence-electron chi connectivity index (χ0n) is 15.6. The van der Waals surface area contributed by atoms with Crippen LogP contribution in [0.25, 0.3) is 0 Å². The summed E-state index contributed by atoms with van der Waals surface area (Å²) in [5.74, 6) is -1.59. The maximum atomic E-state index is 12.4. The monoisotopic (exact) mass is 429 g/mol. The summed E-state index contributed by atoms with van der Waals surface area (Å²) in [4.78, 5) is 25.8. The second-order valence-corrected chi connectivity index (χ2v) is 8.63. The van der Waals surface area contributed by atoms with Gasteiger partial charge in [-0.25, -0.2) is 0 Å². The topological polar surface area (TPSA) is 91.2 Å². The number of amides is 2. The highest BCUT2D eigenvalue weighted by Gasteiger charge is 2.35. The summed E-state index contributed by atoms with van der Waals surface area (Å²) in [7, 11) is 0. The molecule has 0 aromatic heterocycles. The molecule has 1 fully saturated rings. The lowest BCUT2D eigenvalue weighted by Gasteiger charge is -2.36. The Bertz CT molecular complexity index is 925. The van der Waals surface area contributed by atoms with Gasteiger partial charge in [0.1, 0.15) is 6.07 Å². The van der Waals surface area contributed by atoms with Crippen LogP contribution in [0.1, 0.15) is 18.4 Å². The minimum atomic E-state index is -0.837. The molecule has 3 rings (SSSR count). The predicted octanol–water partition coefficient (Wildman–Crippen LogP) is 3.61. The van der Waals surface area contributed by atoms with E-state index in [1.165, 1.54) is 12.1 Å². The van der Waals surface area contributed by atoms with Crippen LogP contribution in [0.15, 0.2) is 53.4 Å². The molecular formula is C21H20ClN3O3S. The van der Waals surface area contributed by atoms with Crippen molar-refractivity contribution in [3.05, 3.63) is 59.1 Å². The van der Waals surface area contributed by atoms with Crippen LogP contribution < -0.4 is 10.6 Å². The summed E-state index contributed by atoms with van der Waals surface area (Å²) < 4.78 is 5.24. The van der Waals surface area contributed by atoms with Gasteiger partial charge in [0, 0.05) is 34.4 Å². The van der Waals surface area contributed by atoms with Gasteiger partial charge < -0.3 is 15.4 Å². The number of carbonyl (C=O) groups is 2. The fraction of sp³-hybridized carbons (Fsp3) is 0.286. The van der Waals surface area contributed by atoms with Gasteiger partial charge >= 0.3 is 11.8 Å². The molecule has 0 saturated carbocycles. The molecule has 0 atom stereocenters. The molecule has 8 heteroatoms. The molecule has 0 unspecified atom stereocenters. The number of ether oxygens (including phenoxy) is 1. The molecule has 0 radical (unpaired) electrons. The fourth-order valence-electron chi connectivity index (χ4n) is 3.01. The normalized spacial score (nSPS) is 15.2. The SMILES string of the molecule is N#Cc1ccc(Cl)cc1NC(=O)C(=O)NCC1(Sc2ccccc2)CCOCC1. The number of halogens is 1. The lowest BCUT2D eigenvalue weighted by atomic mass is 9.99. The molecule has 29 heavy (non-hydrogen) atoms. The number of rotatable bonds is 5. The van der Waals surface area contributed by atoms with E-state index in [1.807, 2.05) is 36.4 Å². The van der Waals surface area contributed by atoms with Crippen LogP contribution in [0.3, 0.4) is 0 Å². The van der Waals surface area contributed by atoms with Crippen molar-refractivity contribution in [3.63, 3.8) is 0 Å². The van der Waals surface area contributed by atoms with Crippen molar-refractivity contribution in [1.29, 1.82) is 5.26 Å². The molecule has 2 N–H and O–H groups in total. The first-order valence-corrected chi connectivity index (χ1v) is 10.3. The molecule has 1 heterocycles. The minimum absolute atomic E-state index is 0.208. The van der Waals surface area contributed by atoms with Crippen molar-refractivity contribution < 1.29 is 14.3 Å². The number of carbonyl (C=O) groups excluding carboxylic acids is 2. The van der Waals surface area contributed by atoms with Crippen molar-refractivity contribution in [3.8, 4) is 6.07 Å². The molecular weight excluding hydrogens is 410 g/mol. The van der Waals surface area contributed by atoms with Gasteiger partial charge in [-0.1, -0.05) is 29.8 Å². The van der Waals surface area contributed by atoms with Crippen molar-refractivity contribution in [2.75, 3.05) is 25.1 Å². The summed E-state index contributed by atoms with van der Waals surface area (Å²) in [5, 5.41) is 14.7. The number of hydrogen-bond donors (Lipinski definition) is 2. The van der Waals surface area contributed by atoms with E-state index in [1.54, 1.807) is 17.8 Å². The Morgan fingerprint density at radius 2 is 1.86 bits per heavy atom. The molecule has 1 aliphatic rings. The van der Waals surface area contributed by atoms with Gasteiger partial charge in [-0.3, -0.25) is 9.59 Å². The molecule has 1 saturated heterocycles. The molecule has 0 bridgehead atoms. The summed E-state index contributed by atoms with van der Waals surface area (Å²) in [6.07, 6.45) is 1.53. The smallest absolute Gasteiger partial charge is 0.313 e. The average Bonchev–Trinajstić information content (AvgIpc) is 2.73. The third-order valence-electron chi connectivity index (χ3n) is 4.61. The molecule has 0 spiro atoms. The zero-order valence-corrected chi connectivity index (χ0v) is 17.2. The number of nitrogens with one attached hydrogen (secondary N) is 2. The first-order chi connectivity index (χ1) is 14.0. The molecule has 2 aromatic rings. The number of nitrogens with zero attached hydrogens (tertiary/aromatic N) is 1. The second-order valence-electron chi connectivity index (χ2n) is 6.65. The summed E-state index contributed by atoms with van der Waals surface area (Å²) in [5.41, 5.74) is 0.440. The Balaban J connectivity index is 1.65. The van der Waals surface area contributed by atoms with Gasteiger partial charge in [-0.05, 0) is 43.2 Å². The molecule has 1 aliphatic heterocycles. The van der Waals surface area contributed by atoms with E-state index >= 15 is 0 Å². The van der Waals surface area contributed by atoms with E-state index in [0.717, 1.165) is 17.7 Å². The van der Waals surface area contributed by atoms with E-state index in [0.29, 0.717) is 24.8 Å². The Labute approximate surface area is 178 Å². The largest absolute Gasteiger partial charge is 0.381 e. The maximum Gasteiger partial charge on any atom is 0.313 e. The second kappa shape index (κ2) is 9.79. The van der Waals surface area contributed by atoms with Gasteiger partial charge in [0.05, 0.1) is 11.3 Å². The number of anilines is 1. The molecule has 6 nitrogen and oxygen atoms in total. The standard InChI is InChI=1S/C21H20ClN3O3S/c22-16-7-6-15(13-23)18(12-16)25-20(27)19(26)24-14-21(8-10-28-11-9-21)29-17-4-2-1-3-5-17/h1-7,12H,8-11,14H2,(H,24,26)(H,25,27). The van der Waals surface area contributed by atoms with Crippen LogP contribution in [0.2, 0.25) is 5.02 Å². The van der Waals surface area contributed by atoms with Crippen LogP contribution >= 0.6 is 23.4 Å². The number of benzene rings is 2. The average molecular weight is 430 g/mol. The van der Waals surface area contributed by atoms with Crippen molar-refractivity contribution in [2.45, 2.75) is 22.5 Å². The fourth-order valence-corrected chi connectivity index (χ4v) is 4.50. The van der Waals surface area contributed by atoms with Gasteiger partial charge in [-0.2, -0.15) is 5.26 Å². The number of hydrogen-bond acceptors (Lipinski definition) is 5. The van der Waals surface area contributed by atoms with Crippen LogP contribution in [-0.4, -0.2) is 36.3 Å². The van der Waals surface area contributed by atoms with E-state index < -0.39 is 11.8 Å². The number of thioether (sulfide) groups is 1. The van der Waals surface area contributed by atoms with E-state index in [2.05, 4.69) is 10.6 Å². The maximum absolute atomic E-state index is 12.4. The van der Waals surface area contributed by atoms with Crippen molar-refractivity contribution >= 4 is 40.9 Å². The molecule has 150 valence electrons. The van der Waals surface area contributed by atoms with Gasteiger partial charge in [-0.15, -0.1) is 11.8 Å². The molecule has 2 amide bonds. The lowest BCUT2D eigenvalue weighted by Crippen LogP contribution is -2.47. The van der Waals surface area contributed by atoms with Gasteiger partial charge in [0.15, 0.2) is 0 Å². The van der Waals surface area contributed by atoms with Gasteiger partial charge in [0.25, 0.3) is 0 Å². The van der Waals surface area contributed by atoms with Crippen molar-refractivity contribution in [2.24, 2.45) is 0 Å². The van der Waals surface area contributed by atoms with Crippen LogP contribution in [0, 0.1) is 11.3 Å². The van der Waals surface area contributed by atoms with E-state index in [4.69, 9.17) is 21.6 Å². The molecule has 2 aromatic carbocycles. The Hall–Kier alpha value is -2.53. The Morgan fingerprint density at radius 3 is 2.55 bits per heavy atom. The number of nitriles is 1. The summed E-state index contributed by atoms with van der Waals surface area (Å²) in [6.45, 7) is 1.55. The summed E-state index contributed by atoms with van der Waals surface area (Å²) in [6, 6.07) is 16.4. The third kappa shape index (κ3) is 5.73. The third-order valence-corrected chi connectivity index (χ3v) is 6.34. The minimum Gasteiger partial charge on any atom is -0.381 e. The van der Waals surface area contributed by atoms with Gasteiger partial charge in [0.2, 0.25) is 0 Å². The zero-order chi connectivity index (χ0) is 20.7. The Morgan fingerprint density at radius 1 is 1.14 bits per heavy atom. The lowest BCUT2D eigenvalue weighted by molar-refractivity contribution is -0.136. The highest BCUT2D eigenvalue weighted by molar-refractivity contribution is 8.00. The Kier molecular flexibility index (Phi) is 7.15. The van der Waals surface area contributed by atoms with Crippen LogP contribution in [0.4, 0.5) is 5.69 Å². The quantitative estimate of drug-likeness (QED) is 0.708. The van der Waals surface area contributed by atoms with Crippen molar-refractivity contribution in [1.82, 2.24) is 5.32 Å². The van der Waals surface area contributed by atoms with E-state index in [9.17, 15) is 9.59 Å². The van der Waals surface area contributed by atoms with Crippen LogP contribution in [0.5, 0.6) is 0 Å². The van der Waals surface area contributed by atoms with E-state index in [-0.39, 0.29) is 16.0 Å². The predicted molar refractivity (Wildman–Crippen MR) is 113 cm³/mol. The molecule has 0 aliphatic carbocycles. The first-order valence-electron chi connectivity index (χ1n) is 9.12. The highest BCUT2D eigenvalue weighted by Crippen LogP contribution is 2.40. The summed E-state index contributed by atoms with van der Waals surface area (Å²) >= 11 is 7.61. The van der Waals surface area contributed by atoms with Crippen LogP contribution in [-0.2, 0) is 14.3 Å². The highest BCUT2D eigenvalue weighted by atomic mass is 35.5.